The lowest BCUT2D eigenvalue weighted by Crippen LogP contribution is -2.25. The summed E-state index contributed by atoms with van der Waals surface area (Å²) in [4.78, 5) is 28.3. The van der Waals surface area contributed by atoms with E-state index in [9.17, 15) is 9.59 Å². The van der Waals surface area contributed by atoms with Crippen LogP contribution in [0.1, 0.15) is 42.1 Å². The number of nitrogens with zero attached hydrogens (tertiary/aromatic N) is 1. The van der Waals surface area contributed by atoms with Crippen molar-refractivity contribution in [2.45, 2.75) is 32.7 Å². The molecule has 3 aromatic rings. The number of rotatable bonds is 7. The number of halogens is 1. The van der Waals surface area contributed by atoms with Crippen molar-refractivity contribution in [3.8, 4) is 0 Å². The van der Waals surface area contributed by atoms with Crippen LogP contribution in [0.25, 0.3) is 10.9 Å². The number of hydrogen-bond acceptors (Lipinski definition) is 3. The van der Waals surface area contributed by atoms with Gasteiger partial charge in [0.2, 0.25) is 0 Å². The average Bonchev–Trinajstić information content (AvgIpc) is 2.69. The van der Waals surface area contributed by atoms with Gasteiger partial charge in [-0.05, 0) is 48.5 Å². The first-order chi connectivity index (χ1) is 13.5. The van der Waals surface area contributed by atoms with Crippen molar-refractivity contribution in [2.75, 3.05) is 6.54 Å². The van der Waals surface area contributed by atoms with Gasteiger partial charge in [-0.25, -0.2) is 0 Å². The Labute approximate surface area is 173 Å². The molecular weight excluding hydrogens is 394 g/mol. The van der Waals surface area contributed by atoms with Crippen molar-refractivity contribution in [3.63, 3.8) is 0 Å². The van der Waals surface area contributed by atoms with Crippen LogP contribution in [-0.2, 0) is 6.54 Å². The zero-order valence-electron chi connectivity index (χ0n) is 15.6. The molecule has 146 valence electrons. The highest BCUT2D eigenvalue weighted by Gasteiger charge is 2.11. The molecule has 0 spiro atoms. The molecule has 0 bridgehead atoms. The molecule has 1 heterocycles. The van der Waals surface area contributed by atoms with Gasteiger partial charge in [-0.15, -0.1) is 0 Å². The lowest BCUT2D eigenvalue weighted by atomic mass is 10.1. The molecule has 0 saturated carbocycles. The zero-order valence-corrected chi connectivity index (χ0v) is 17.2. The number of benzene rings is 2. The summed E-state index contributed by atoms with van der Waals surface area (Å²) in [6, 6.07) is 12.3. The van der Waals surface area contributed by atoms with Gasteiger partial charge in [0.25, 0.3) is 11.5 Å². The number of nitrogens with one attached hydrogen (secondary N) is 2. The normalized spacial score (nSPS) is 10.9. The predicted octanol–water partition coefficient (Wildman–Crippen LogP) is 4.68. The lowest BCUT2D eigenvalue weighted by Gasteiger charge is -2.10. The highest BCUT2D eigenvalue weighted by atomic mass is 35.5. The fraction of sp³-hybridized carbons (Fsp3) is 0.286. The van der Waals surface area contributed by atoms with Crippen molar-refractivity contribution in [2.24, 2.45) is 0 Å². The summed E-state index contributed by atoms with van der Waals surface area (Å²) in [6.07, 6.45) is 3.13. The van der Waals surface area contributed by atoms with Crippen molar-refractivity contribution in [1.82, 2.24) is 14.9 Å². The molecule has 0 saturated heterocycles. The van der Waals surface area contributed by atoms with Gasteiger partial charge >= 0.3 is 0 Å². The first kappa shape index (κ1) is 20.3. The van der Waals surface area contributed by atoms with Crippen molar-refractivity contribution in [3.05, 3.63) is 73.7 Å². The quantitative estimate of drug-likeness (QED) is 0.435. The number of amides is 1. The van der Waals surface area contributed by atoms with E-state index in [1.165, 1.54) is 4.57 Å². The molecular formula is C21H22ClN3O2S. The van der Waals surface area contributed by atoms with Crippen LogP contribution in [0.2, 0.25) is 5.02 Å². The maximum Gasteiger partial charge on any atom is 0.262 e. The Balaban J connectivity index is 1.90. The van der Waals surface area contributed by atoms with Crippen LogP contribution in [0, 0.1) is 4.77 Å². The van der Waals surface area contributed by atoms with E-state index in [1.807, 2.05) is 18.2 Å². The van der Waals surface area contributed by atoms with E-state index in [2.05, 4.69) is 17.2 Å². The van der Waals surface area contributed by atoms with Gasteiger partial charge in [0.05, 0.1) is 17.4 Å². The Hall–Kier alpha value is -2.44. The standard InChI is InChI=1S/C21H22ClN3O2S/c1-2-3-6-11-23-19(26)14-9-10-16-18(12-14)24-21(28)25(20(16)27)13-15-7-4-5-8-17(15)22/h4-5,7-10,12H,2-3,6,11,13H2,1H3,(H,23,26)(H,24,28). The minimum absolute atomic E-state index is 0.155. The van der Waals surface area contributed by atoms with Crippen LogP contribution in [0.5, 0.6) is 0 Å². The number of aromatic amines is 1. The maximum atomic E-state index is 12.9. The molecule has 0 aliphatic carbocycles. The molecule has 0 aliphatic rings. The number of carbonyl (C=O) groups excluding carboxylic acids is 1. The van der Waals surface area contributed by atoms with Gasteiger partial charge in [-0.2, -0.15) is 0 Å². The van der Waals surface area contributed by atoms with E-state index in [0.717, 1.165) is 24.8 Å². The number of hydrogen-bond donors (Lipinski definition) is 2. The minimum Gasteiger partial charge on any atom is -0.352 e. The summed E-state index contributed by atoms with van der Waals surface area (Å²) >= 11 is 11.6. The van der Waals surface area contributed by atoms with Gasteiger partial charge in [0.1, 0.15) is 0 Å². The Morgan fingerprint density at radius 2 is 2.00 bits per heavy atom. The molecule has 2 aromatic carbocycles. The molecule has 2 N–H and O–H groups in total. The van der Waals surface area contributed by atoms with E-state index >= 15 is 0 Å². The van der Waals surface area contributed by atoms with E-state index in [4.69, 9.17) is 23.8 Å². The van der Waals surface area contributed by atoms with E-state index in [-0.39, 0.29) is 22.8 Å². The Morgan fingerprint density at radius 3 is 2.75 bits per heavy atom. The van der Waals surface area contributed by atoms with Crippen molar-refractivity contribution < 1.29 is 4.79 Å². The predicted molar refractivity (Wildman–Crippen MR) is 116 cm³/mol. The summed E-state index contributed by atoms with van der Waals surface area (Å²) in [5.41, 5.74) is 1.64. The summed E-state index contributed by atoms with van der Waals surface area (Å²) in [5.74, 6) is -0.155. The number of aromatic nitrogens is 2. The highest BCUT2D eigenvalue weighted by Crippen LogP contribution is 2.17. The Bertz CT molecular complexity index is 1120. The molecule has 1 aromatic heterocycles. The van der Waals surface area contributed by atoms with Crippen molar-refractivity contribution in [1.29, 1.82) is 0 Å². The first-order valence-corrected chi connectivity index (χ1v) is 10.1. The number of fused-ring (bicyclic) bond motifs is 1. The molecule has 0 radical (unpaired) electrons. The molecule has 0 fully saturated rings. The zero-order chi connectivity index (χ0) is 20.1. The van der Waals surface area contributed by atoms with Gasteiger partial charge in [-0.3, -0.25) is 14.2 Å². The van der Waals surface area contributed by atoms with Gasteiger partial charge < -0.3 is 10.3 Å². The van der Waals surface area contributed by atoms with E-state index in [0.29, 0.717) is 28.0 Å². The summed E-state index contributed by atoms with van der Waals surface area (Å²) in [5, 5.41) is 3.96. The second-order valence-electron chi connectivity index (χ2n) is 6.64. The second-order valence-corrected chi connectivity index (χ2v) is 7.43. The van der Waals surface area contributed by atoms with Crippen molar-refractivity contribution >= 4 is 40.6 Å². The monoisotopic (exact) mass is 415 g/mol. The molecule has 0 atom stereocenters. The summed E-state index contributed by atoms with van der Waals surface area (Å²) < 4.78 is 1.77. The molecule has 1 amide bonds. The topological polar surface area (TPSA) is 66.9 Å². The lowest BCUT2D eigenvalue weighted by molar-refractivity contribution is 0.0953. The third-order valence-corrected chi connectivity index (χ3v) is 5.29. The largest absolute Gasteiger partial charge is 0.352 e. The van der Waals surface area contributed by atoms with Crippen LogP contribution in [-0.4, -0.2) is 22.0 Å². The van der Waals surface area contributed by atoms with Crippen LogP contribution in [0.4, 0.5) is 0 Å². The molecule has 28 heavy (non-hydrogen) atoms. The molecule has 5 nitrogen and oxygen atoms in total. The third-order valence-electron chi connectivity index (χ3n) is 4.60. The first-order valence-electron chi connectivity index (χ1n) is 9.29. The van der Waals surface area contributed by atoms with E-state index in [1.54, 1.807) is 24.3 Å². The minimum atomic E-state index is -0.214. The van der Waals surface area contributed by atoms with Gasteiger partial charge in [0, 0.05) is 17.1 Å². The molecule has 7 heteroatoms. The smallest absolute Gasteiger partial charge is 0.262 e. The maximum absolute atomic E-state index is 12.9. The van der Waals surface area contributed by atoms with Gasteiger partial charge in [-0.1, -0.05) is 49.6 Å². The van der Waals surface area contributed by atoms with Crippen LogP contribution in [0.3, 0.4) is 0 Å². The second kappa shape index (κ2) is 9.17. The average molecular weight is 416 g/mol. The number of unbranched alkanes of at least 4 members (excludes halogenated alkanes) is 2. The molecule has 3 rings (SSSR count). The van der Waals surface area contributed by atoms with Crippen LogP contribution in [0.15, 0.2) is 47.3 Å². The number of carbonyl (C=O) groups is 1. The van der Waals surface area contributed by atoms with E-state index < -0.39 is 0 Å². The molecule has 0 unspecified atom stereocenters. The summed E-state index contributed by atoms with van der Waals surface area (Å²) in [7, 11) is 0. The fourth-order valence-corrected chi connectivity index (χ4v) is 3.47. The highest BCUT2D eigenvalue weighted by molar-refractivity contribution is 7.71. The van der Waals surface area contributed by atoms with Crippen LogP contribution >= 0.6 is 23.8 Å². The van der Waals surface area contributed by atoms with Gasteiger partial charge in [0.15, 0.2) is 4.77 Å². The Morgan fingerprint density at radius 1 is 1.21 bits per heavy atom. The SMILES string of the molecule is CCCCCNC(=O)c1ccc2c(=O)n(Cc3ccccc3Cl)c(=S)[nH]c2c1. The molecule has 0 aliphatic heterocycles. The van der Waals surface area contributed by atoms with Crippen LogP contribution < -0.4 is 10.9 Å². The third kappa shape index (κ3) is 4.51. The number of H-pyrrole nitrogens is 1. The fourth-order valence-electron chi connectivity index (χ4n) is 3.02. The summed E-state index contributed by atoms with van der Waals surface area (Å²) in [6.45, 7) is 3.04. The Kier molecular flexibility index (Phi) is 6.65.